The smallest absolute Gasteiger partial charge is 0.160 e. The van der Waals surface area contributed by atoms with Crippen LogP contribution in [0.25, 0.3) is 0 Å². The Hall–Kier alpha value is -0.770. The normalized spacial score (nSPS) is 9.12. The van der Waals surface area contributed by atoms with Crippen LogP contribution in [0.4, 0.5) is 11.5 Å². The molecule has 0 aliphatic carbocycles. The summed E-state index contributed by atoms with van der Waals surface area (Å²) in [7, 11) is 1.82. The van der Waals surface area contributed by atoms with Crippen LogP contribution >= 0.6 is 11.5 Å². The molecule has 0 saturated carbocycles. The van der Waals surface area contributed by atoms with Crippen molar-refractivity contribution in [1.29, 1.82) is 0 Å². The largest absolute Gasteiger partial charge is 0.384 e. The summed E-state index contributed by atoms with van der Waals surface area (Å²) in [6, 6.07) is 0. The highest BCUT2D eigenvalue weighted by Gasteiger charge is 1.94. The number of hydrogen-bond acceptors (Lipinski definition) is 4. The molecule has 0 unspecified atom stereocenters. The van der Waals surface area contributed by atoms with Gasteiger partial charge in [0, 0.05) is 12.4 Å². The molecule has 0 aromatic carbocycles. The standard InChI is InChI=1S/C4H7N3S/c1-6-3-2-8-7-4(3)5/h2,6H,1H3,(H2,5,7). The molecule has 1 heterocycles. The fourth-order valence-electron chi connectivity index (χ4n) is 0.432. The van der Waals surface area contributed by atoms with E-state index in [-0.39, 0.29) is 0 Å². The van der Waals surface area contributed by atoms with Gasteiger partial charge in [-0.1, -0.05) is 0 Å². The number of nitrogens with one attached hydrogen (secondary N) is 1. The fraction of sp³-hybridized carbons (Fsp3) is 0.250. The van der Waals surface area contributed by atoms with E-state index in [1.165, 1.54) is 11.5 Å². The summed E-state index contributed by atoms with van der Waals surface area (Å²) in [5.41, 5.74) is 6.30. The molecule has 0 radical (unpaired) electrons. The fourth-order valence-corrected chi connectivity index (χ4v) is 1.04. The van der Waals surface area contributed by atoms with E-state index < -0.39 is 0 Å². The SMILES string of the molecule is CNc1csnc1N. The van der Waals surface area contributed by atoms with Crippen LogP contribution in [0.5, 0.6) is 0 Å². The van der Waals surface area contributed by atoms with Gasteiger partial charge in [0.1, 0.15) is 0 Å². The monoisotopic (exact) mass is 129 g/mol. The Morgan fingerprint density at radius 1 is 1.88 bits per heavy atom. The third-order valence-electron chi connectivity index (χ3n) is 0.867. The summed E-state index contributed by atoms with van der Waals surface area (Å²) in [6.07, 6.45) is 0. The maximum atomic E-state index is 5.39. The zero-order chi connectivity index (χ0) is 5.98. The molecule has 3 N–H and O–H groups in total. The minimum atomic E-state index is 0.581. The van der Waals surface area contributed by atoms with Crippen LogP contribution < -0.4 is 11.1 Å². The van der Waals surface area contributed by atoms with E-state index >= 15 is 0 Å². The van der Waals surface area contributed by atoms with Crippen LogP contribution in [0, 0.1) is 0 Å². The Labute approximate surface area is 51.7 Å². The number of anilines is 2. The molecule has 8 heavy (non-hydrogen) atoms. The van der Waals surface area contributed by atoms with Crippen LogP contribution in [0.15, 0.2) is 5.38 Å². The van der Waals surface area contributed by atoms with Crippen molar-refractivity contribution in [2.75, 3.05) is 18.1 Å². The van der Waals surface area contributed by atoms with Gasteiger partial charge in [-0.15, -0.1) is 0 Å². The number of rotatable bonds is 1. The number of hydrogen-bond donors (Lipinski definition) is 2. The van der Waals surface area contributed by atoms with Gasteiger partial charge >= 0.3 is 0 Å². The summed E-state index contributed by atoms with van der Waals surface area (Å²) in [6.45, 7) is 0. The van der Waals surface area contributed by atoms with Gasteiger partial charge in [-0.2, -0.15) is 4.37 Å². The molecule has 0 aliphatic heterocycles. The minimum Gasteiger partial charge on any atom is -0.384 e. The molecular weight excluding hydrogens is 122 g/mol. The van der Waals surface area contributed by atoms with Gasteiger partial charge in [0.25, 0.3) is 0 Å². The van der Waals surface area contributed by atoms with E-state index in [4.69, 9.17) is 5.73 Å². The number of nitrogens with two attached hydrogens (primary N) is 1. The molecule has 3 nitrogen and oxygen atoms in total. The second kappa shape index (κ2) is 2.00. The summed E-state index contributed by atoms with van der Waals surface area (Å²) in [4.78, 5) is 0. The van der Waals surface area contributed by atoms with E-state index in [1.807, 2.05) is 12.4 Å². The third-order valence-corrected chi connectivity index (χ3v) is 1.51. The van der Waals surface area contributed by atoms with E-state index in [1.54, 1.807) is 0 Å². The highest BCUT2D eigenvalue weighted by atomic mass is 32.1. The molecule has 0 atom stereocenters. The number of nitrogens with zero attached hydrogens (tertiary/aromatic N) is 1. The van der Waals surface area contributed by atoms with Crippen LogP contribution in [-0.2, 0) is 0 Å². The van der Waals surface area contributed by atoms with Crippen molar-refractivity contribution in [3.05, 3.63) is 5.38 Å². The molecule has 0 fully saturated rings. The molecule has 4 heteroatoms. The quantitative estimate of drug-likeness (QED) is 0.588. The van der Waals surface area contributed by atoms with Gasteiger partial charge in [0.15, 0.2) is 5.82 Å². The van der Waals surface area contributed by atoms with Gasteiger partial charge in [-0.25, -0.2) is 0 Å². The molecular formula is C4H7N3S. The molecule has 1 rings (SSSR count). The topological polar surface area (TPSA) is 50.9 Å². The first-order valence-electron chi connectivity index (χ1n) is 2.22. The molecule has 44 valence electrons. The highest BCUT2D eigenvalue weighted by molar-refractivity contribution is 7.04. The van der Waals surface area contributed by atoms with Crippen LogP contribution in [0.2, 0.25) is 0 Å². The van der Waals surface area contributed by atoms with Gasteiger partial charge in [0.2, 0.25) is 0 Å². The molecule has 0 spiro atoms. The summed E-state index contributed by atoms with van der Waals surface area (Å²) in [5.74, 6) is 0.581. The molecule has 1 aromatic heterocycles. The lowest BCUT2D eigenvalue weighted by Gasteiger charge is -1.91. The molecule has 0 aliphatic rings. The Kier molecular flexibility index (Phi) is 1.34. The van der Waals surface area contributed by atoms with Crippen molar-refractivity contribution < 1.29 is 0 Å². The Morgan fingerprint density at radius 3 is 2.88 bits per heavy atom. The van der Waals surface area contributed by atoms with Crippen LogP contribution in [-0.4, -0.2) is 11.4 Å². The lowest BCUT2D eigenvalue weighted by atomic mass is 10.5. The van der Waals surface area contributed by atoms with Gasteiger partial charge in [-0.3, -0.25) is 0 Å². The van der Waals surface area contributed by atoms with Crippen molar-refractivity contribution in [2.24, 2.45) is 0 Å². The van der Waals surface area contributed by atoms with Crippen molar-refractivity contribution in [3.8, 4) is 0 Å². The Morgan fingerprint density at radius 2 is 2.62 bits per heavy atom. The summed E-state index contributed by atoms with van der Waals surface area (Å²) in [5, 5.41) is 4.77. The summed E-state index contributed by atoms with van der Waals surface area (Å²) >= 11 is 1.35. The van der Waals surface area contributed by atoms with Crippen molar-refractivity contribution in [1.82, 2.24) is 4.37 Å². The van der Waals surface area contributed by atoms with Crippen LogP contribution in [0.1, 0.15) is 0 Å². The average molecular weight is 129 g/mol. The molecule has 0 bridgehead atoms. The molecule has 1 aromatic rings. The summed E-state index contributed by atoms with van der Waals surface area (Å²) < 4.78 is 3.84. The van der Waals surface area contributed by atoms with Gasteiger partial charge < -0.3 is 11.1 Å². The van der Waals surface area contributed by atoms with E-state index in [0.717, 1.165) is 5.69 Å². The lowest BCUT2D eigenvalue weighted by molar-refractivity contribution is 1.49. The van der Waals surface area contributed by atoms with E-state index in [2.05, 4.69) is 9.69 Å². The maximum Gasteiger partial charge on any atom is 0.160 e. The zero-order valence-corrected chi connectivity index (χ0v) is 5.33. The maximum absolute atomic E-state index is 5.39. The first kappa shape index (κ1) is 5.37. The van der Waals surface area contributed by atoms with Crippen molar-refractivity contribution in [3.63, 3.8) is 0 Å². The second-order valence-corrected chi connectivity index (χ2v) is 1.99. The first-order chi connectivity index (χ1) is 3.84. The van der Waals surface area contributed by atoms with Gasteiger partial charge in [0.05, 0.1) is 5.69 Å². The third kappa shape index (κ3) is 0.742. The van der Waals surface area contributed by atoms with E-state index in [9.17, 15) is 0 Å². The lowest BCUT2D eigenvalue weighted by Crippen LogP contribution is -1.91. The highest BCUT2D eigenvalue weighted by Crippen LogP contribution is 2.16. The molecule has 0 saturated heterocycles. The molecule has 0 amide bonds. The van der Waals surface area contributed by atoms with Crippen molar-refractivity contribution in [2.45, 2.75) is 0 Å². The predicted molar refractivity (Wildman–Crippen MR) is 36.1 cm³/mol. The predicted octanol–water partition coefficient (Wildman–Crippen LogP) is 0.767. The Bertz CT molecular complexity index is 172. The number of aromatic nitrogens is 1. The van der Waals surface area contributed by atoms with Crippen LogP contribution in [0.3, 0.4) is 0 Å². The van der Waals surface area contributed by atoms with Gasteiger partial charge in [-0.05, 0) is 11.5 Å². The second-order valence-electron chi connectivity index (χ2n) is 1.36. The van der Waals surface area contributed by atoms with Crippen molar-refractivity contribution >= 4 is 23.0 Å². The van der Waals surface area contributed by atoms with E-state index in [0.29, 0.717) is 5.82 Å². The zero-order valence-electron chi connectivity index (χ0n) is 4.51. The first-order valence-corrected chi connectivity index (χ1v) is 3.06. The minimum absolute atomic E-state index is 0.581. The Balaban J connectivity index is 2.92. The average Bonchev–Trinajstić information content (AvgIpc) is 2.14. The number of nitrogen functional groups attached to an aromatic ring is 1.